The zero-order chi connectivity index (χ0) is 21.9. The van der Waals surface area contributed by atoms with Gasteiger partial charge in [0.2, 0.25) is 0 Å². The van der Waals surface area contributed by atoms with Crippen LogP contribution in [0, 0.1) is 12.1 Å². The van der Waals surface area contributed by atoms with Gasteiger partial charge in [-0.3, -0.25) is 0 Å². The van der Waals surface area contributed by atoms with Crippen LogP contribution < -0.4 is 9.98 Å². The summed E-state index contributed by atoms with van der Waals surface area (Å²) in [5, 5.41) is 32.6. The topological polar surface area (TPSA) is 152 Å². The van der Waals surface area contributed by atoms with Crippen molar-refractivity contribution >= 4 is 35.1 Å². The predicted octanol–water partition coefficient (Wildman–Crippen LogP) is 0.479. The summed E-state index contributed by atoms with van der Waals surface area (Å²) in [4.78, 5) is 20.5. The zero-order valence-corrected chi connectivity index (χ0v) is 20.0. The number of aliphatic carboxylic acids is 2. The standard InChI is InChI=1S/2C8H8NO.2C2H4O2.2Pd/c2*1-7(10)9-8-5-3-2-4-6-8;2*1-2(3)4;;/h2*2-5H,1H3,(H,9,10);2*1H3,(H,3,4);;/q2*-1;;;;/p+4. The van der Waals surface area contributed by atoms with E-state index in [4.69, 9.17) is 30.0 Å². The van der Waals surface area contributed by atoms with Gasteiger partial charge in [0.1, 0.15) is 0 Å². The minimum Gasteiger partial charge on any atom is -0.463 e. The quantitative estimate of drug-likeness (QED) is 0.0971. The molecule has 0 heterocycles. The fourth-order valence-electron chi connectivity index (χ4n) is 1.33. The Kier molecular flexibility index (Phi) is 26.8. The summed E-state index contributed by atoms with van der Waals surface area (Å²) < 4.78 is 0. The number of hydrogen-bond acceptors (Lipinski definition) is 0. The van der Waals surface area contributed by atoms with E-state index in [9.17, 15) is 0 Å². The molecule has 0 saturated carbocycles. The summed E-state index contributed by atoms with van der Waals surface area (Å²) in [6.45, 7) is 5.56. The molecule has 2 aromatic rings. The minimum absolute atomic E-state index is 0. The van der Waals surface area contributed by atoms with Crippen LogP contribution in [0.5, 0.6) is 0 Å². The molecule has 0 aliphatic carbocycles. The van der Waals surface area contributed by atoms with E-state index in [1.54, 1.807) is 26.0 Å². The van der Waals surface area contributed by atoms with Crippen molar-refractivity contribution < 1.29 is 80.8 Å². The van der Waals surface area contributed by atoms with Crippen LogP contribution in [0.25, 0.3) is 0 Å². The second-order valence-corrected chi connectivity index (χ2v) is 5.07. The summed E-state index contributed by atoms with van der Waals surface area (Å²) in [5.41, 5.74) is 1.56. The van der Waals surface area contributed by atoms with E-state index in [1.165, 1.54) is 13.8 Å². The Labute approximate surface area is 203 Å². The van der Waals surface area contributed by atoms with Crippen molar-refractivity contribution in [2.45, 2.75) is 27.7 Å². The number of carboxylic acid groups (broad SMARTS) is 2. The summed E-state index contributed by atoms with van der Waals surface area (Å²) in [6, 6.07) is 20.5. The van der Waals surface area contributed by atoms with Crippen molar-refractivity contribution in [3.05, 3.63) is 60.7 Å². The number of rotatable bonds is 2. The molecule has 0 radical (unpaired) electrons. The Morgan fingerprint density at radius 3 is 1.10 bits per heavy atom. The molecule has 0 spiro atoms. The summed E-state index contributed by atoms with van der Waals surface area (Å²) >= 11 is 0. The smallest absolute Gasteiger partial charge is 0.463 e. The molecule has 0 amide bonds. The molecule has 2 rings (SSSR count). The molecule has 0 saturated heterocycles. The van der Waals surface area contributed by atoms with Crippen molar-refractivity contribution in [1.29, 1.82) is 0 Å². The van der Waals surface area contributed by atoms with E-state index >= 15 is 0 Å². The van der Waals surface area contributed by atoms with Crippen LogP contribution in [-0.4, -0.2) is 53.7 Å². The van der Waals surface area contributed by atoms with Crippen molar-refractivity contribution in [3.63, 3.8) is 0 Å². The first kappa shape index (κ1) is 35.1. The van der Waals surface area contributed by atoms with Crippen molar-refractivity contribution in [1.82, 2.24) is 0 Å². The molecule has 30 heavy (non-hydrogen) atoms. The maximum Gasteiger partial charge on any atom is 0.477 e. The summed E-state index contributed by atoms with van der Waals surface area (Å²) in [6.07, 6.45) is 0. The first-order valence-corrected chi connectivity index (χ1v) is 8.00. The van der Waals surface area contributed by atoms with Gasteiger partial charge < -0.3 is 30.0 Å². The molecule has 8 nitrogen and oxygen atoms in total. The maximum atomic E-state index is 8.79. The van der Waals surface area contributed by atoms with Gasteiger partial charge >= 0.3 is 23.7 Å². The normalized spacial score (nSPS) is 9.33. The number of aliphatic hydroxyl groups excluding tert-OH is 4. The number of aliphatic hydroxyl groups is 2. The Morgan fingerprint density at radius 1 is 0.667 bits per heavy atom. The minimum atomic E-state index is -0.583. The third-order valence-corrected chi connectivity index (χ3v) is 2.05. The first-order chi connectivity index (χ1) is 13.0. The van der Waals surface area contributed by atoms with E-state index in [0.717, 1.165) is 11.4 Å². The van der Waals surface area contributed by atoms with Gasteiger partial charge in [-0.25, -0.2) is 9.98 Å². The van der Waals surface area contributed by atoms with Crippen LogP contribution in [0.3, 0.4) is 0 Å². The van der Waals surface area contributed by atoms with E-state index in [0.29, 0.717) is 0 Å². The monoisotopic (exact) mass is 604 g/mol. The van der Waals surface area contributed by atoms with Gasteiger partial charge in [-0.2, -0.15) is 36.4 Å². The van der Waals surface area contributed by atoms with Crippen LogP contribution in [-0.2, 0) is 40.8 Å². The van der Waals surface area contributed by atoms with Gasteiger partial charge in [0.15, 0.2) is 0 Å². The molecule has 0 aromatic heterocycles. The Hall–Kier alpha value is -2.36. The van der Waals surface area contributed by atoms with Gasteiger partial charge in [0, 0.05) is 40.8 Å². The van der Waals surface area contributed by atoms with Crippen molar-refractivity contribution in [2.75, 3.05) is 0 Å². The van der Waals surface area contributed by atoms with Gasteiger partial charge in [-0.1, -0.05) is 0 Å². The predicted molar refractivity (Wildman–Crippen MR) is 109 cm³/mol. The maximum absolute atomic E-state index is 8.79. The average molecular weight is 605 g/mol. The molecule has 0 aliphatic rings. The van der Waals surface area contributed by atoms with Gasteiger partial charge in [-0.05, 0) is 0 Å². The van der Waals surface area contributed by atoms with E-state index in [2.05, 4.69) is 22.1 Å². The molecule has 2 aromatic carbocycles. The van der Waals surface area contributed by atoms with Crippen molar-refractivity contribution in [3.8, 4) is 0 Å². The van der Waals surface area contributed by atoms with Gasteiger partial charge in [-0.15, -0.1) is 24.3 Å². The number of hydrogen-bond donors (Lipinski definition) is 6. The Balaban J connectivity index is -0.000000160. The molecule has 0 unspecified atom stereocenters. The first-order valence-electron chi connectivity index (χ1n) is 8.00. The molecule has 0 atom stereocenters. The molecule has 0 fully saturated rings. The third-order valence-electron chi connectivity index (χ3n) is 2.05. The number of nitrogens with one attached hydrogen (secondary N) is 2. The van der Waals surface area contributed by atoms with E-state index in [1.807, 2.05) is 36.4 Å². The zero-order valence-electron chi connectivity index (χ0n) is 16.9. The molecule has 0 bridgehead atoms. The Bertz CT molecular complexity index is 673. The largest absolute Gasteiger partial charge is 0.477 e. The molecule has 0 aliphatic heterocycles. The molecular formula is C20H28N2O6Pd2+2. The number of carboxylic acids is 2. The number of benzene rings is 2. The molecular weight excluding hydrogens is 577 g/mol. The SMILES string of the molecule is CC(O)=[NH+]c1[c-]cccc1.CC(O)=[NH+]c1[c-]cccc1.CC(O)=[OH+].CC(O)=[OH+].[Pd].[Pd]. The average Bonchev–Trinajstić information content (AvgIpc) is 2.55. The second kappa shape index (κ2) is 22.9. The number of para-hydroxylation sites is 2. The Morgan fingerprint density at radius 2 is 0.933 bits per heavy atom. The van der Waals surface area contributed by atoms with Gasteiger partial charge in [0.25, 0.3) is 0 Å². The van der Waals surface area contributed by atoms with Crippen LogP contribution in [0.1, 0.15) is 27.7 Å². The van der Waals surface area contributed by atoms with Crippen LogP contribution >= 0.6 is 0 Å². The molecule has 10 heteroatoms. The van der Waals surface area contributed by atoms with Crippen molar-refractivity contribution in [2.24, 2.45) is 0 Å². The summed E-state index contributed by atoms with van der Waals surface area (Å²) in [7, 11) is 0. The molecule has 8 N–H and O–H groups in total. The molecule has 172 valence electrons. The van der Waals surface area contributed by atoms with Gasteiger partial charge in [0.05, 0.1) is 39.1 Å². The second-order valence-electron chi connectivity index (χ2n) is 5.07. The fraction of sp³-hybridized carbons (Fsp3) is 0.200. The third kappa shape index (κ3) is 33.2. The van der Waals surface area contributed by atoms with E-state index < -0.39 is 11.9 Å². The fourth-order valence-corrected chi connectivity index (χ4v) is 1.33. The van der Waals surface area contributed by atoms with Crippen LogP contribution in [0.15, 0.2) is 48.5 Å². The van der Waals surface area contributed by atoms with Crippen LogP contribution in [0.4, 0.5) is 11.4 Å². The van der Waals surface area contributed by atoms with E-state index in [-0.39, 0.29) is 52.6 Å². The van der Waals surface area contributed by atoms with Crippen LogP contribution in [0.2, 0.25) is 0 Å². The summed E-state index contributed by atoms with van der Waals surface area (Å²) in [5.74, 6) is -0.801.